The van der Waals surface area contributed by atoms with Crippen LogP contribution in [0.4, 0.5) is 0 Å². The molecular weight excluding hydrogens is 228 g/mol. The summed E-state index contributed by atoms with van der Waals surface area (Å²) in [6.07, 6.45) is 5.86. The van der Waals surface area contributed by atoms with Crippen molar-refractivity contribution in [1.29, 1.82) is 0 Å². The molecule has 92 valence electrons. The fourth-order valence-electron chi connectivity index (χ4n) is 1.91. The van der Waals surface area contributed by atoms with Crippen LogP contribution >= 0.6 is 0 Å². The summed E-state index contributed by atoms with van der Waals surface area (Å²) in [6.45, 7) is 0. The molecule has 0 radical (unpaired) electrons. The van der Waals surface area contributed by atoms with E-state index in [-0.39, 0.29) is 12.3 Å². The van der Waals surface area contributed by atoms with E-state index in [0.717, 1.165) is 11.3 Å². The highest BCUT2D eigenvalue weighted by atomic mass is 16.4. The first kappa shape index (κ1) is 12.2. The molecule has 0 amide bonds. The monoisotopic (exact) mass is 242 g/mol. The van der Waals surface area contributed by atoms with E-state index in [4.69, 9.17) is 5.11 Å². The van der Waals surface area contributed by atoms with Gasteiger partial charge >= 0.3 is 5.97 Å². The molecule has 1 unspecified atom stereocenters. The molecule has 18 heavy (non-hydrogen) atoms. The number of aliphatic carboxylic acids is 1. The van der Waals surface area contributed by atoms with E-state index in [1.54, 1.807) is 18.6 Å². The largest absolute Gasteiger partial charge is 0.481 e. The van der Waals surface area contributed by atoms with Crippen LogP contribution in [0.1, 0.15) is 23.6 Å². The second kappa shape index (κ2) is 5.91. The van der Waals surface area contributed by atoms with Crippen molar-refractivity contribution in [3.63, 3.8) is 0 Å². The molecule has 0 saturated heterocycles. The zero-order valence-electron chi connectivity index (χ0n) is 9.86. The van der Waals surface area contributed by atoms with Gasteiger partial charge in [0.15, 0.2) is 0 Å². The Morgan fingerprint density at radius 3 is 2.56 bits per heavy atom. The zero-order chi connectivity index (χ0) is 12.8. The van der Waals surface area contributed by atoms with E-state index < -0.39 is 5.97 Å². The van der Waals surface area contributed by atoms with Crippen LogP contribution < -0.4 is 0 Å². The second-order valence-electron chi connectivity index (χ2n) is 4.11. The summed E-state index contributed by atoms with van der Waals surface area (Å²) in [5.41, 5.74) is 1.89. The Labute approximate surface area is 105 Å². The average Bonchev–Trinajstić information content (AvgIpc) is 2.40. The van der Waals surface area contributed by atoms with E-state index in [2.05, 4.69) is 9.97 Å². The van der Waals surface area contributed by atoms with Gasteiger partial charge < -0.3 is 5.11 Å². The number of hydrogen-bond donors (Lipinski definition) is 1. The minimum absolute atomic E-state index is 0.0827. The van der Waals surface area contributed by atoms with Crippen LogP contribution in [0.25, 0.3) is 0 Å². The van der Waals surface area contributed by atoms with E-state index in [1.165, 1.54) is 0 Å². The molecule has 0 aliphatic heterocycles. The summed E-state index contributed by atoms with van der Waals surface area (Å²) in [7, 11) is 0. The van der Waals surface area contributed by atoms with Crippen molar-refractivity contribution in [2.45, 2.75) is 18.8 Å². The third kappa shape index (κ3) is 3.38. The van der Waals surface area contributed by atoms with Gasteiger partial charge in [-0.3, -0.25) is 14.8 Å². The highest BCUT2D eigenvalue weighted by molar-refractivity contribution is 5.68. The molecule has 1 N–H and O–H groups in total. The first-order valence-corrected chi connectivity index (χ1v) is 5.77. The van der Waals surface area contributed by atoms with Crippen molar-refractivity contribution in [2.24, 2.45) is 0 Å². The van der Waals surface area contributed by atoms with Crippen molar-refractivity contribution in [2.75, 3.05) is 0 Å². The van der Waals surface area contributed by atoms with Gasteiger partial charge in [0.1, 0.15) is 0 Å². The Kier molecular flexibility index (Phi) is 4.02. The predicted octanol–water partition coefficient (Wildman–Crippen LogP) is 2.28. The molecule has 1 atom stereocenters. The van der Waals surface area contributed by atoms with Gasteiger partial charge in [-0.25, -0.2) is 0 Å². The third-order valence-corrected chi connectivity index (χ3v) is 2.76. The highest BCUT2D eigenvalue weighted by Crippen LogP contribution is 2.22. The van der Waals surface area contributed by atoms with E-state index in [0.29, 0.717) is 6.42 Å². The van der Waals surface area contributed by atoms with Gasteiger partial charge in [-0.15, -0.1) is 0 Å². The summed E-state index contributed by atoms with van der Waals surface area (Å²) in [4.78, 5) is 19.1. The number of hydrogen-bond acceptors (Lipinski definition) is 3. The fraction of sp³-hybridized carbons (Fsp3) is 0.214. The van der Waals surface area contributed by atoms with Gasteiger partial charge in [0.05, 0.1) is 6.42 Å². The molecule has 0 saturated carbocycles. The zero-order valence-corrected chi connectivity index (χ0v) is 9.86. The smallest absolute Gasteiger partial charge is 0.304 e. The third-order valence-electron chi connectivity index (χ3n) is 2.76. The Hall–Kier alpha value is -2.23. The quantitative estimate of drug-likeness (QED) is 0.873. The number of carboxylic acid groups (broad SMARTS) is 1. The van der Waals surface area contributed by atoms with Crippen molar-refractivity contribution >= 4 is 5.97 Å². The number of pyridine rings is 2. The van der Waals surface area contributed by atoms with Crippen molar-refractivity contribution < 1.29 is 9.90 Å². The van der Waals surface area contributed by atoms with Crippen LogP contribution in [-0.2, 0) is 11.2 Å². The van der Waals surface area contributed by atoms with Gasteiger partial charge in [-0.2, -0.15) is 0 Å². The van der Waals surface area contributed by atoms with Crippen LogP contribution in [0.15, 0.2) is 48.9 Å². The lowest BCUT2D eigenvalue weighted by Gasteiger charge is -2.14. The Bertz CT molecular complexity index is 500. The van der Waals surface area contributed by atoms with Crippen LogP contribution in [0, 0.1) is 0 Å². The van der Waals surface area contributed by atoms with E-state index in [1.807, 2.05) is 30.3 Å². The molecule has 2 aromatic heterocycles. The topological polar surface area (TPSA) is 63.1 Å². The predicted molar refractivity (Wildman–Crippen MR) is 67.2 cm³/mol. The molecule has 0 spiro atoms. The lowest BCUT2D eigenvalue weighted by Crippen LogP contribution is -2.10. The maximum Gasteiger partial charge on any atom is 0.304 e. The van der Waals surface area contributed by atoms with E-state index >= 15 is 0 Å². The summed E-state index contributed by atoms with van der Waals surface area (Å²) < 4.78 is 0. The first-order valence-electron chi connectivity index (χ1n) is 5.77. The van der Waals surface area contributed by atoms with Crippen molar-refractivity contribution in [3.8, 4) is 0 Å². The lowest BCUT2D eigenvalue weighted by atomic mass is 9.93. The van der Waals surface area contributed by atoms with Gasteiger partial charge in [-0.05, 0) is 36.2 Å². The number of aromatic nitrogens is 2. The van der Waals surface area contributed by atoms with Gasteiger partial charge in [0, 0.05) is 30.2 Å². The van der Waals surface area contributed by atoms with Crippen molar-refractivity contribution in [3.05, 3.63) is 60.2 Å². The minimum atomic E-state index is -0.806. The van der Waals surface area contributed by atoms with Gasteiger partial charge in [0.25, 0.3) is 0 Å². The standard InChI is InChI=1S/C14H14N2O2/c17-14(18)10-12(13-3-1-2-6-16-13)9-11-4-7-15-8-5-11/h1-8,12H,9-10H2,(H,17,18). The maximum atomic E-state index is 10.9. The Balaban J connectivity index is 2.18. The van der Waals surface area contributed by atoms with Crippen LogP contribution in [0.2, 0.25) is 0 Å². The molecule has 2 heterocycles. The Morgan fingerprint density at radius 2 is 1.94 bits per heavy atom. The van der Waals surface area contributed by atoms with Crippen LogP contribution in [0.5, 0.6) is 0 Å². The molecule has 0 aromatic carbocycles. The molecule has 0 fully saturated rings. The molecule has 2 aromatic rings. The fourth-order valence-corrected chi connectivity index (χ4v) is 1.91. The maximum absolute atomic E-state index is 10.9. The summed E-state index contributed by atoms with van der Waals surface area (Å²) in [5, 5.41) is 8.98. The molecule has 0 aliphatic rings. The summed E-state index contributed by atoms with van der Waals surface area (Å²) in [6, 6.07) is 9.38. The number of nitrogens with zero attached hydrogens (tertiary/aromatic N) is 2. The molecule has 2 rings (SSSR count). The van der Waals surface area contributed by atoms with E-state index in [9.17, 15) is 4.79 Å². The first-order chi connectivity index (χ1) is 8.75. The van der Waals surface area contributed by atoms with Gasteiger partial charge in [-0.1, -0.05) is 6.07 Å². The molecule has 4 nitrogen and oxygen atoms in total. The lowest BCUT2D eigenvalue weighted by molar-refractivity contribution is -0.137. The molecule has 4 heteroatoms. The highest BCUT2D eigenvalue weighted by Gasteiger charge is 2.17. The SMILES string of the molecule is O=C(O)CC(Cc1ccncc1)c1ccccn1. The number of carbonyl (C=O) groups is 1. The molecule has 0 aliphatic carbocycles. The Morgan fingerprint density at radius 1 is 1.17 bits per heavy atom. The second-order valence-corrected chi connectivity index (χ2v) is 4.11. The van der Waals surface area contributed by atoms with Crippen LogP contribution in [0.3, 0.4) is 0 Å². The molecule has 0 bridgehead atoms. The van der Waals surface area contributed by atoms with Crippen molar-refractivity contribution in [1.82, 2.24) is 9.97 Å². The average molecular weight is 242 g/mol. The normalized spacial score (nSPS) is 12.0. The van der Waals surface area contributed by atoms with Gasteiger partial charge in [0.2, 0.25) is 0 Å². The minimum Gasteiger partial charge on any atom is -0.481 e. The van der Waals surface area contributed by atoms with Crippen LogP contribution in [-0.4, -0.2) is 21.0 Å². The number of rotatable bonds is 5. The summed E-state index contributed by atoms with van der Waals surface area (Å²) in [5.74, 6) is -0.911. The number of carboxylic acids is 1. The molecular formula is C14H14N2O2. The summed E-state index contributed by atoms with van der Waals surface area (Å²) >= 11 is 0.